The van der Waals surface area contributed by atoms with Gasteiger partial charge in [-0.2, -0.15) is 0 Å². The smallest absolute Gasteiger partial charge is 0.323 e. The lowest BCUT2D eigenvalue weighted by molar-refractivity contribution is -0.137. The van der Waals surface area contributed by atoms with E-state index in [4.69, 9.17) is 11.5 Å². The molecule has 1 heterocycles. The van der Waals surface area contributed by atoms with Crippen molar-refractivity contribution in [2.24, 2.45) is 0 Å². The molecule has 1 amide bonds. The molecule has 0 aromatic carbocycles. The standard InChI is InChI=1S/C11H10N2O4/c1-2-5-13(7-10(15)16)11(17)8-3-4-9(14)12-6-8/h1,3-4,6H,5,7H2,(H,12,14)(H,15,16). The molecule has 0 aliphatic rings. The minimum atomic E-state index is -1.15. The average molecular weight is 234 g/mol. The summed E-state index contributed by atoms with van der Waals surface area (Å²) in [5.41, 5.74) is -0.163. The van der Waals surface area contributed by atoms with Crippen LogP contribution in [0.1, 0.15) is 10.4 Å². The Morgan fingerprint density at radius 1 is 1.47 bits per heavy atom. The number of terminal acetylenes is 1. The Balaban J connectivity index is 2.91. The Kier molecular flexibility index (Phi) is 4.06. The van der Waals surface area contributed by atoms with Crippen molar-refractivity contribution in [3.8, 4) is 12.3 Å². The summed E-state index contributed by atoms with van der Waals surface area (Å²) in [5, 5.41) is 8.63. The number of carboxylic acid groups (broad SMARTS) is 1. The van der Waals surface area contributed by atoms with Gasteiger partial charge in [-0.1, -0.05) is 5.92 Å². The monoisotopic (exact) mass is 234 g/mol. The van der Waals surface area contributed by atoms with Gasteiger partial charge in [-0.25, -0.2) is 0 Å². The maximum atomic E-state index is 11.8. The SMILES string of the molecule is C#CCN(CC(=O)O)C(=O)c1ccc(=O)[nH]c1. The summed E-state index contributed by atoms with van der Waals surface area (Å²) in [6.07, 6.45) is 6.27. The van der Waals surface area contributed by atoms with Gasteiger partial charge in [0.2, 0.25) is 5.56 Å². The molecule has 0 radical (unpaired) electrons. The van der Waals surface area contributed by atoms with E-state index in [0.29, 0.717) is 0 Å². The van der Waals surface area contributed by atoms with Crippen LogP contribution in [0.2, 0.25) is 0 Å². The minimum absolute atomic E-state index is 0.107. The van der Waals surface area contributed by atoms with Crippen molar-refractivity contribution >= 4 is 11.9 Å². The van der Waals surface area contributed by atoms with Crippen LogP contribution in [-0.4, -0.2) is 40.0 Å². The minimum Gasteiger partial charge on any atom is -0.480 e. The number of carboxylic acids is 1. The highest BCUT2D eigenvalue weighted by Gasteiger charge is 2.17. The fraction of sp³-hybridized carbons (Fsp3) is 0.182. The van der Waals surface area contributed by atoms with Crippen LogP contribution in [0.5, 0.6) is 0 Å². The predicted octanol–water partition coefficient (Wildman–Crippen LogP) is -0.465. The number of carbonyl (C=O) groups is 2. The van der Waals surface area contributed by atoms with Gasteiger partial charge in [-0.3, -0.25) is 14.4 Å². The van der Waals surface area contributed by atoms with Crippen molar-refractivity contribution in [3.63, 3.8) is 0 Å². The number of pyridine rings is 1. The van der Waals surface area contributed by atoms with Crippen LogP contribution in [0.3, 0.4) is 0 Å². The van der Waals surface area contributed by atoms with E-state index in [1.807, 2.05) is 0 Å². The fourth-order valence-electron chi connectivity index (χ4n) is 1.20. The first kappa shape index (κ1) is 12.5. The number of aromatic amines is 1. The van der Waals surface area contributed by atoms with E-state index in [2.05, 4.69) is 10.9 Å². The molecule has 2 N–H and O–H groups in total. The van der Waals surface area contributed by atoms with Crippen LogP contribution in [-0.2, 0) is 4.79 Å². The van der Waals surface area contributed by atoms with Crippen LogP contribution in [0, 0.1) is 12.3 Å². The molecule has 0 atom stereocenters. The topological polar surface area (TPSA) is 90.5 Å². The summed E-state index contributed by atoms with van der Waals surface area (Å²) < 4.78 is 0. The summed E-state index contributed by atoms with van der Waals surface area (Å²) in [7, 11) is 0. The molecular weight excluding hydrogens is 224 g/mol. The van der Waals surface area contributed by atoms with Crippen LogP contribution >= 0.6 is 0 Å². The number of hydrogen-bond acceptors (Lipinski definition) is 3. The molecule has 0 aliphatic carbocycles. The van der Waals surface area contributed by atoms with Gasteiger partial charge in [0.1, 0.15) is 6.54 Å². The van der Waals surface area contributed by atoms with Crippen LogP contribution in [0.25, 0.3) is 0 Å². The van der Waals surface area contributed by atoms with E-state index in [0.717, 1.165) is 4.90 Å². The first-order chi connectivity index (χ1) is 8.04. The van der Waals surface area contributed by atoms with Gasteiger partial charge in [0.05, 0.1) is 12.1 Å². The molecule has 0 bridgehead atoms. The normalized spacial score (nSPS) is 9.35. The number of rotatable bonds is 4. The molecule has 0 saturated heterocycles. The van der Waals surface area contributed by atoms with Gasteiger partial charge < -0.3 is 15.0 Å². The van der Waals surface area contributed by atoms with Crippen molar-refractivity contribution in [2.45, 2.75) is 0 Å². The van der Waals surface area contributed by atoms with Gasteiger partial charge in [-0.05, 0) is 6.07 Å². The Morgan fingerprint density at radius 3 is 2.65 bits per heavy atom. The molecule has 6 nitrogen and oxygen atoms in total. The lowest BCUT2D eigenvalue weighted by atomic mass is 10.2. The lowest BCUT2D eigenvalue weighted by Gasteiger charge is -2.17. The highest BCUT2D eigenvalue weighted by atomic mass is 16.4. The molecule has 0 spiro atoms. The van der Waals surface area contributed by atoms with Crippen molar-refractivity contribution in [1.82, 2.24) is 9.88 Å². The van der Waals surface area contributed by atoms with Gasteiger partial charge >= 0.3 is 5.97 Å². The number of hydrogen-bond donors (Lipinski definition) is 2. The van der Waals surface area contributed by atoms with Crippen molar-refractivity contribution < 1.29 is 14.7 Å². The number of carbonyl (C=O) groups excluding carboxylic acids is 1. The summed E-state index contributed by atoms with van der Waals surface area (Å²) in [5.74, 6) is 0.510. The number of aromatic nitrogens is 1. The molecule has 6 heteroatoms. The molecule has 1 aromatic heterocycles. The summed E-state index contributed by atoms with van der Waals surface area (Å²) >= 11 is 0. The van der Waals surface area contributed by atoms with E-state index in [1.54, 1.807) is 0 Å². The second kappa shape index (κ2) is 5.51. The Bertz CT molecular complexity index is 507. The predicted molar refractivity (Wildman–Crippen MR) is 59.4 cm³/mol. The van der Waals surface area contributed by atoms with Crippen molar-refractivity contribution in [1.29, 1.82) is 0 Å². The third kappa shape index (κ3) is 3.50. The van der Waals surface area contributed by atoms with E-state index in [1.165, 1.54) is 18.3 Å². The first-order valence-corrected chi connectivity index (χ1v) is 4.68. The quantitative estimate of drug-likeness (QED) is 0.689. The number of nitrogens with one attached hydrogen (secondary N) is 1. The van der Waals surface area contributed by atoms with Gasteiger partial charge in [0.15, 0.2) is 0 Å². The molecule has 88 valence electrons. The molecule has 0 unspecified atom stereocenters. The highest BCUT2D eigenvalue weighted by Crippen LogP contribution is 2.01. The van der Waals surface area contributed by atoms with E-state index >= 15 is 0 Å². The number of aliphatic carboxylic acids is 1. The molecule has 1 aromatic rings. The number of H-pyrrole nitrogens is 1. The maximum Gasteiger partial charge on any atom is 0.323 e. The Morgan fingerprint density at radius 2 is 2.18 bits per heavy atom. The van der Waals surface area contributed by atoms with Gasteiger partial charge in [0, 0.05) is 12.3 Å². The first-order valence-electron chi connectivity index (χ1n) is 4.68. The average Bonchev–Trinajstić information content (AvgIpc) is 2.28. The molecule has 0 aliphatic heterocycles. The zero-order valence-corrected chi connectivity index (χ0v) is 8.84. The molecule has 0 saturated carbocycles. The van der Waals surface area contributed by atoms with Crippen molar-refractivity contribution in [3.05, 3.63) is 34.2 Å². The van der Waals surface area contributed by atoms with E-state index in [-0.39, 0.29) is 17.7 Å². The Labute approximate surface area is 96.9 Å². The van der Waals surface area contributed by atoms with Crippen molar-refractivity contribution in [2.75, 3.05) is 13.1 Å². The molecule has 17 heavy (non-hydrogen) atoms. The second-order valence-corrected chi connectivity index (χ2v) is 3.20. The summed E-state index contributed by atoms with van der Waals surface area (Å²) in [6.45, 7) is -0.591. The fourth-order valence-corrected chi connectivity index (χ4v) is 1.20. The lowest BCUT2D eigenvalue weighted by Crippen LogP contribution is -2.36. The molecule has 0 fully saturated rings. The molecule has 1 rings (SSSR count). The third-order valence-corrected chi connectivity index (χ3v) is 1.93. The largest absolute Gasteiger partial charge is 0.480 e. The summed E-state index contributed by atoms with van der Waals surface area (Å²) in [6, 6.07) is 2.49. The second-order valence-electron chi connectivity index (χ2n) is 3.20. The zero-order chi connectivity index (χ0) is 12.8. The van der Waals surface area contributed by atoms with Crippen LogP contribution < -0.4 is 5.56 Å². The van der Waals surface area contributed by atoms with E-state index in [9.17, 15) is 14.4 Å². The number of nitrogens with zero attached hydrogens (tertiary/aromatic N) is 1. The van der Waals surface area contributed by atoms with E-state index < -0.39 is 18.4 Å². The maximum absolute atomic E-state index is 11.8. The van der Waals surface area contributed by atoms with Crippen LogP contribution in [0.15, 0.2) is 23.1 Å². The Hall–Kier alpha value is -2.55. The molecular formula is C11H10N2O4. The zero-order valence-electron chi connectivity index (χ0n) is 8.84. The third-order valence-electron chi connectivity index (χ3n) is 1.93. The number of amides is 1. The van der Waals surface area contributed by atoms with Gasteiger partial charge in [-0.15, -0.1) is 6.42 Å². The van der Waals surface area contributed by atoms with Crippen LogP contribution in [0.4, 0.5) is 0 Å². The van der Waals surface area contributed by atoms with Gasteiger partial charge in [0.25, 0.3) is 5.91 Å². The highest BCUT2D eigenvalue weighted by molar-refractivity contribution is 5.95. The summed E-state index contributed by atoms with van der Waals surface area (Å²) in [4.78, 5) is 36.5.